The van der Waals surface area contributed by atoms with Gasteiger partial charge in [-0.3, -0.25) is 4.79 Å². The van der Waals surface area contributed by atoms with Crippen LogP contribution in [-0.2, 0) is 16.1 Å². The second-order valence-corrected chi connectivity index (χ2v) is 9.90. The van der Waals surface area contributed by atoms with Crippen molar-refractivity contribution in [1.29, 1.82) is 0 Å². The van der Waals surface area contributed by atoms with Crippen molar-refractivity contribution in [1.82, 2.24) is 4.57 Å². The molecule has 0 saturated heterocycles. The third-order valence-electron chi connectivity index (χ3n) is 6.76. The number of carbonyl (C=O) groups excluding carboxylic acids is 1. The van der Waals surface area contributed by atoms with Crippen LogP contribution in [0.5, 0.6) is 5.75 Å². The summed E-state index contributed by atoms with van der Waals surface area (Å²) in [5.74, 6) is -0.256. The van der Waals surface area contributed by atoms with E-state index in [4.69, 9.17) is 14.6 Å². The second-order valence-electron chi connectivity index (χ2n) is 9.90. The van der Waals surface area contributed by atoms with Crippen LogP contribution in [0.25, 0.3) is 17.0 Å². The Labute approximate surface area is 223 Å². The van der Waals surface area contributed by atoms with E-state index in [1.807, 2.05) is 74.5 Å². The minimum atomic E-state index is -1.23. The molecule has 0 radical (unpaired) electrons. The Morgan fingerprint density at radius 1 is 0.974 bits per heavy atom. The predicted molar refractivity (Wildman–Crippen MR) is 150 cm³/mol. The molecule has 0 fully saturated rings. The average molecular weight is 512 g/mol. The van der Waals surface area contributed by atoms with Gasteiger partial charge in [0.25, 0.3) is 0 Å². The predicted octanol–water partition coefficient (Wildman–Crippen LogP) is 6.44. The number of fused-ring (bicyclic) bond motifs is 1. The van der Waals surface area contributed by atoms with Crippen LogP contribution in [0, 0.1) is 13.8 Å². The van der Waals surface area contributed by atoms with Gasteiger partial charge in [0.05, 0.1) is 24.8 Å². The lowest BCUT2D eigenvalue weighted by atomic mass is 9.99. The van der Waals surface area contributed by atoms with E-state index in [0.29, 0.717) is 17.7 Å². The van der Waals surface area contributed by atoms with Crippen molar-refractivity contribution >= 4 is 28.7 Å². The molecular weight excluding hydrogens is 478 g/mol. The van der Waals surface area contributed by atoms with Gasteiger partial charge in [-0.2, -0.15) is 0 Å². The second kappa shape index (κ2) is 11.1. The van der Waals surface area contributed by atoms with Crippen molar-refractivity contribution in [3.8, 4) is 5.75 Å². The van der Waals surface area contributed by atoms with Gasteiger partial charge in [-0.25, -0.2) is 4.79 Å². The summed E-state index contributed by atoms with van der Waals surface area (Å²) in [6.07, 6.45) is 3.71. The Hall–Kier alpha value is -4.16. The summed E-state index contributed by atoms with van der Waals surface area (Å²) < 4.78 is 13.1. The number of methoxy groups -OCH3 is 1. The summed E-state index contributed by atoms with van der Waals surface area (Å²) in [4.78, 5) is 24.7. The van der Waals surface area contributed by atoms with Gasteiger partial charge in [-0.1, -0.05) is 66.2 Å². The number of hydrogen-bond donors (Lipinski definition) is 1. The Kier molecular flexibility index (Phi) is 7.83. The molecule has 196 valence electrons. The Morgan fingerprint density at radius 2 is 1.66 bits per heavy atom. The van der Waals surface area contributed by atoms with Crippen molar-refractivity contribution < 1.29 is 24.2 Å². The topological polar surface area (TPSA) is 77.8 Å². The molecule has 6 nitrogen and oxygen atoms in total. The fraction of sp³-hybridized carbons (Fsp3) is 0.250. The van der Waals surface area contributed by atoms with Gasteiger partial charge in [0.1, 0.15) is 5.75 Å². The molecule has 6 heteroatoms. The Bertz CT molecular complexity index is 1490. The number of carbonyl (C=O) groups is 2. The number of carboxylic acid groups (broad SMARTS) is 1. The zero-order valence-electron chi connectivity index (χ0n) is 22.4. The van der Waals surface area contributed by atoms with Crippen molar-refractivity contribution in [2.45, 2.75) is 39.8 Å². The summed E-state index contributed by atoms with van der Waals surface area (Å²) in [5.41, 5.74) is 5.17. The van der Waals surface area contributed by atoms with E-state index >= 15 is 0 Å². The minimum absolute atomic E-state index is 0.00481. The van der Waals surface area contributed by atoms with Crippen LogP contribution in [0.1, 0.15) is 52.2 Å². The summed E-state index contributed by atoms with van der Waals surface area (Å²) in [5, 5.41) is 10.0. The molecule has 1 aromatic heterocycles. The fourth-order valence-corrected chi connectivity index (χ4v) is 4.34. The number of aromatic nitrogens is 1. The zero-order valence-corrected chi connectivity index (χ0v) is 22.4. The number of ketones is 1. The van der Waals surface area contributed by atoms with Gasteiger partial charge in [0.2, 0.25) is 0 Å². The van der Waals surface area contributed by atoms with E-state index < -0.39 is 11.6 Å². The first-order valence-electron chi connectivity index (χ1n) is 12.5. The number of aliphatic carboxylic acids is 1. The normalized spacial score (nSPS) is 11.8. The highest BCUT2D eigenvalue weighted by atomic mass is 16.5. The molecule has 1 N–H and O–H groups in total. The van der Waals surface area contributed by atoms with Crippen LogP contribution in [0.15, 0.2) is 72.8 Å². The highest BCUT2D eigenvalue weighted by Gasteiger charge is 2.27. The Balaban J connectivity index is 1.60. The lowest BCUT2D eigenvalue weighted by Crippen LogP contribution is -2.34. The van der Waals surface area contributed by atoms with Crippen molar-refractivity contribution in [3.05, 3.63) is 106 Å². The van der Waals surface area contributed by atoms with Gasteiger partial charge in [-0.05, 0) is 51.0 Å². The van der Waals surface area contributed by atoms with Crippen molar-refractivity contribution in [2.24, 2.45) is 0 Å². The summed E-state index contributed by atoms with van der Waals surface area (Å²) in [7, 11) is 1.64. The minimum Gasteiger partial charge on any atom is -0.497 e. The summed E-state index contributed by atoms with van der Waals surface area (Å²) in [6.45, 7) is 7.85. The van der Waals surface area contributed by atoms with Crippen LogP contribution in [0.3, 0.4) is 0 Å². The van der Waals surface area contributed by atoms with E-state index in [1.165, 1.54) is 13.8 Å². The van der Waals surface area contributed by atoms with E-state index in [0.717, 1.165) is 39.0 Å². The number of rotatable bonds is 10. The molecule has 4 rings (SSSR count). The number of carboxylic acids is 1. The molecule has 0 aliphatic heterocycles. The van der Waals surface area contributed by atoms with Crippen molar-refractivity contribution in [3.63, 3.8) is 0 Å². The van der Waals surface area contributed by atoms with Gasteiger partial charge in [-0.15, -0.1) is 0 Å². The molecular formula is C32H33NO5. The number of aryl methyl sites for hydroxylation is 1. The van der Waals surface area contributed by atoms with E-state index in [9.17, 15) is 9.59 Å². The molecule has 0 bridgehead atoms. The Morgan fingerprint density at radius 3 is 2.29 bits per heavy atom. The molecule has 1 heterocycles. The molecule has 0 unspecified atom stereocenters. The van der Waals surface area contributed by atoms with Crippen LogP contribution in [0.2, 0.25) is 0 Å². The molecule has 0 spiro atoms. The van der Waals surface area contributed by atoms with Crippen molar-refractivity contribution in [2.75, 3.05) is 13.7 Å². The standard InChI is InChI=1S/C32H33NO5/c1-21-8-14-25(15-9-21)30(34)29-22(2)33(28-19-26(37-5)16-17-27(28)29)20-24-12-10-23(11-13-24)7-6-18-38-32(3,4)31(35)36/h6-17,19H,18,20H2,1-5H3,(H,35,36). The van der Waals surface area contributed by atoms with Gasteiger partial charge in [0.15, 0.2) is 11.4 Å². The highest BCUT2D eigenvalue weighted by Crippen LogP contribution is 2.32. The zero-order chi connectivity index (χ0) is 27.4. The molecule has 0 aliphatic carbocycles. The van der Waals surface area contributed by atoms with E-state index in [-0.39, 0.29) is 12.4 Å². The third-order valence-corrected chi connectivity index (χ3v) is 6.76. The third kappa shape index (κ3) is 5.71. The van der Waals surface area contributed by atoms with E-state index in [2.05, 4.69) is 16.7 Å². The monoisotopic (exact) mass is 511 g/mol. The summed E-state index contributed by atoms with van der Waals surface area (Å²) >= 11 is 0. The number of nitrogens with zero attached hydrogens (tertiary/aromatic N) is 1. The van der Waals surface area contributed by atoms with Crippen LogP contribution in [-0.4, -0.2) is 40.7 Å². The molecule has 3 aromatic carbocycles. The highest BCUT2D eigenvalue weighted by molar-refractivity contribution is 6.17. The molecule has 0 amide bonds. The lowest BCUT2D eigenvalue weighted by molar-refractivity contribution is -0.159. The molecule has 4 aromatic rings. The lowest BCUT2D eigenvalue weighted by Gasteiger charge is -2.18. The SMILES string of the molecule is COc1ccc2c(C(=O)c3ccc(C)cc3)c(C)n(Cc3ccc(C=CCOC(C)(C)C(=O)O)cc3)c2c1. The smallest absolute Gasteiger partial charge is 0.335 e. The molecule has 0 atom stereocenters. The molecule has 0 aliphatic rings. The van der Waals surface area contributed by atoms with Gasteiger partial charge in [0, 0.05) is 29.3 Å². The maximum absolute atomic E-state index is 13.6. The number of hydrogen-bond acceptors (Lipinski definition) is 4. The van der Waals surface area contributed by atoms with Crippen LogP contribution in [0.4, 0.5) is 0 Å². The quantitative estimate of drug-likeness (QED) is 0.248. The number of benzene rings is 3. The molecule has 0 saturated carbocycles. The number of ether oxygens (including phenoxy) is 2. The fourth-order valence-electron chi connectivity index (χ4n) is 4.34. The first-order chi connectivity index (χ1) is 18.1. The van der Waals surface area contributed by atoms with Crippen LogP contribution < -0.4 is 4.74 Å². The van der Waals surface area contributed by atoms with Gasteiger partial charge >= 0.3 is 5.97 Å². The van der Waals surface area contributed by atoms with Gasteiger partial charge < -0.3 is 19.1 Å². The maximum atomic E-state index is 13.6. The molecule has 38 heavy (non-hydrogen) atoms. The summed E-state index contributed by atoms with van der Waals surface area (Å²) in [6, 6.07) is 21.6. The first kappa shape index (κ1) is 26.9. The average Bonchev–Trinajstić information content (AvgIpc) is 3.17. The van der Waals surface area contributed by atoms with E-state index in [1.54, 1.807) is 13.2 Å². The first-order valence-corrected chi connectivity index (χ1v) is 12.5. The largest absolute Gasteiger partial charge is 0.497 e. The maximum Gasteiger partial charge on any atom is 0.335 e. The van der Waals surface area contributed by atoms with Crippen LogP contribution >= 0.6 is 0 Å².